The minimum Gasteiger partial charge on any atom is -0.357 e. The van der Waals surface area contributed by atoms with Crippen molar-refractivity contribution in [3.8, 4) is 0 Å². The maximum absolute atomic E-state index is 6.01. The Kier molecular flexibility index (Phi) is 6.72. The fourth-order valence-electron chi connectivity index (χ4n) is 2.90. The van der Waals surface area contributed by atoms with Crippen LogP contribution in [-0.4, -0.2) is 14.9 Å². The normalized spacial score (nSPS) is 10.5. The Morgan fingerprint density at radius 2 is 1.39 bits per heavy atom. The summed E-state index contributed by atoms with van der Waals surface area (Å²) in [6.07, 6.45) is 0. The molecule has 0 bridgehead atoms. The number of nitrogens with one attached hydrogen (secondary N) is 3. The fraction of sp³-hybridized carbons (Fsp3) is 0.0435. The zero-order valence-electron chi connectivity index (χ0n) is 16.3. The van der Waals surface area contributed by atoms with Crippen LogP contribution in [0.2, 0.25) is 10.0 Å². The number of anilines is 4. The van der Waals surface area contributed by atoms with Crippen molar-refractivity contribution in [2.45, 2.75) is 6.54 Å². The van der Waals surface area contributed by atoms with E-state index in [-0.39, 0.29) is 0 Å². The van der Waals surface area contributed by atoms with E-state index in [9.17, 15) is 0 Å². The van der Waals surface area contributed by atoms with Crippen molar-refractivity contribution in [1.29, 1.82) is 0 Å². The van der Waals surface area contributed by atoms with Crippen LogP contribution in [0.25, 0.3) is 0 Å². The van der Waals surface area contributed by atoms with E-state index in [2.05, 4.69) is 21.0 Å². The van der Waals surface area contributed by atoms with E-state index in [1.165, 1.54) is 0 Å². The molecular weight excluding hydrogens is 449 g/mol. The Morgan fingerprint density at radius 1 is 0.806 bits per heavy atom. The molecule has 0 radical (unpaired) electrons. The number of hydrogen-bond donors (Lipinski definition) is 3. The van der Waals surface area contributed by atoms with E-state index in [0.717, 1.165) is 16.9 Å². The number of hydrogen-bond acceptors (Lipinski definition) is 4. The first-order valence-corrected chi connectivity index (χ1v) is 10.7. The number of halogens is 2. The standard InChI is InChI=1S/C23H19Cl2N5S/c24-17-6-10-19(11-7-17)27-21-14-22(28-20-12-8-18(25)9-13-20)30(29-21)23(31)26-15-16-4-2-1-3-5-16/h1-14,28H,15H2,(H,26,31)(H,27,29). The average Bonchev–Trinajstić information content (AvgIpc) is 3.18. The molecule has 3 aromatic carbocycles. The third-order valence-electron chi connectivity index (χ3n) is 4.42. The zero-order valence-corrected chi connectivity index (χ0v) is 18.7. The van der Waals surface area contributed by atoms with Crippen LogP contribution in [-0.2, 0) is 6.54 Å². The highest BCUT2D eigenvalue weighted by molar-refractivity contribution is 7.80. The lowest BCUT2D eigenvalue weighted by Crippen LogP contribution is -2.29. The Bertz CT molecular complexity index is 1160. The summed E-state index contributed by atoms with van der Waals surface area (Å²) in [6, 6.07) is 26.8. The summed E-state index contributed by atoms with van der Waals surface area (Å²) < 4.78 is 1.66. The van der Waals surface area contributed by atoms with Crippen LogP contribution < -0.4 is 16.0 Å². The highest BCUT2D eigenvalue weighted by atomic mass is 35.5. The van der Waals surface area contributed by atoms with Crippen molar-refractivity contribution in [1.82, 2.24) is 15.1 Å². The largest absolute Gasteiger partial charge is 0.357 e. The molecule has 1 aromatic heterocycles. The molecular formula is C23H19Cl2N5S. The van der Waals surface area contributed by atoms with Gasteiger partial charge in [0.05, 0.1) is 0 Å². The Labute approximate surface area is 196 Å². The molecule has 4 aromatic rings. The molecule has 0 spiro atoms. The van der Waals surface area contributed by atoms with Gasteiger partial charge in [0, 0.05) is 34.0 Å². The molecule has 1 heterocycles. The molecule has 0 unspecified atom stereocenters. The first kappa shape index (κ1) is 21.2. The van der Waals surface area contributed by atoms with Gasteiger partial charge >= 0.3 is 0 Å². The quantitative estimate of drug-likeness (QED) is 0.279. The second-order valence-electron chi connectivity index (χ2n) is 6.73. The number of nitrogens with zero attached hydrogens (tertiary/aromatic N) is 2. The molecule has 0 saturated carbocycles. The highest BCUT2D eigenvalue weighted by Gasteiger charge is 2.13. The molecule has 0 fully saturated rings. The van der Waals surface area contributed by atoms with Crippen molar-refractivity contribution in [2.75, 3.05) is 10.6 Å². The molecule has 4 rings (SSSR count). The minimum absolute atomic E-state index is 0.476. The van der Waals surface area contributed by atoms with Gasteiger partial charge in [-0.1, -0.05) is 53.5 Å². The molecule has 156 valence electrons. The summed E-state index contributed by atoms with van der Waals surface area (Å²) in [5.74, 6) is 1.35. The summed E-state index contributed by atoms with van der Waals surface area (Å²) in [7, 11) is 0. The summed E-state index contributed by atoms with van der Waals surface area (Å²) in [6.45, 7) is 0.597. The Balaban J connectivity index is 1.57. The third kappa shape index (κ3) is 5.76. The second-order valence-corrected chi connectivity index (χ2v) is 7.99. The van der Waals surface area contributed by atoms with E-state index in [0.29, 0.717) is 33.3 Å². The summed E-state index contributed by atoms with van der Waals surface area (Å²) >= 11 is 17.6. The SMILES string of the molecule is S=C(NCc1ccccc1)n1nc(Nc2ccc(Cl)cc2)cc1Nc1ccc(Cl)cc1. The van der Waals surface area contributed by atoms with Gasteiger partial charge in [-0.25, -0.2) is 0 Å². The molecule has 0 saturated heterocycles. The maximum atomic E-state index is 6.01. The molecule has 0 amide bonds. The van der Waals surface area contributed by atoms with E-state index in [1.54, 1.807) is 4.68 Å². The van der Waals surface area contributed by atoms with Gasteiger partial charge < -0.3 is 16.0 Å². The van der Waals surface area contributed by atoms with Crippen LogP contribution in [0.5, 0.6) is 0 Å². The summed E-state index contributed by atoms with van der Waals surface area (Å²) in [5, 5.41) is 16.3. The molecule has 0 aliphatic rings. The predicted octanol–water partition coefficient (Wildman–Crippen LogP) is 6.60. The highest BCUT2D eigenvalue weighted by Crippen LogP contribution is 2.24. The first-order valence-electron chi connectivity index (χ1n) is 9.54. The third-order valence-corrected chi connectivity index (χ3v) is 5.24. The van der Waals surface area contributed by atoms with Gasteiger partial charge in [-0.3, -0.25) is 0 Å². The smallest absolute Gasteiger partial charge is 0.196 e. The number of thiocarbonyl (C=S) groups is 1. The van der Waals surface area contributed by atoms with Gasteiger partial charge in [0.1, 0.15) is 5.82 Å². The second kappa shape index (κ2) is 9.83. The van der Waals surface area contributed by atoms with Gasteiger partial charge in [0.15, 0.2) is 10.9 Å². The summed E-state index contributed by atoms with van der Waals surface area (Å²) in [4.78, 5) is 0. The van der Waals surface area contributed by atoms with E-state index >= 15 is 0 Å². The van der Waals surface area contributed by atoms with Gasteiger partial charge in [0.25, 0.3) is 0 Å². The number of aromatic nitrogens is 2. The molecule has 31 heavy (non-hydrogen) atoms. The van der Waals surface area contributed by atoms with Crippen molar-refractivity contribution < 1.29 is 0 Å². The Hall–Kier alpha value is -3.06. The Morgan fingerprint density at radius 3 is 2.00 bits per heavy atom. The molecule has 0 aliphatic carbocycles. The summed E-state index contributed by atoms with van der Waals surface area (Å²) in [5.41, 5.74) is 2.87. The van der Waals surface area contributed by atoms with Crippen molar-refractivity contribution >= 4 is 63.5 Å². The van der Waals surface area contributed by atoms with Crippen LogP contribution in [0, 0.1) is 0 Å². The topological polar surface area (TPSA) is 53.9 Å². The number of benzene rings is 3. The fourth-order valence-corrected chi connectivity index (χ4v) is 3.36. The van der Waals surface area contributed by atoms with Crippen LogP contribution >= 0.6 is 35.4 Å². The van der Waals surface area contributed by atoms with Crippen LogP contribution in [0.1, 0.15) is 5.56 Å². The molecule has 8 heteroatoms. The first-order chi connectivity index (χ1) is 15.1. The van der Waals surface area contributed by atoms with Gasteiger partial charge in [-0.15, -0.1) is 5.10 Å². The minimum atomic E-state index is 0.476. The van der Waals surface area contributed by atoms with E-state index < -0.39 is 0 Å². The van der Waals surface area contributed by atoms with Gasteiger partial charge in [0.2, 0.25) is 0 Å². The predicted molar refractivity (Wildman–Crippen MR) is 133 cm³/mol. The average molecular weight is 468 g/mol. The zero-order chi connectivity index (χ0) is 21.6. The molecule has 0 aliphatic heterocycles. The lowest BCUT2D eigenvalue weighted by molar-refractivity contribution is 0.842. The number of rotatable bonds is 6. The van der Waals surface area contributed by atoms with Crippen LogP contribution in [0.15, 0.2) is 84.9 Å². The van der Waals surface area contributed by atoms with Gasteiger partial charge in [-0.05, 0) is 66.3 Å². The molecule has 3 N–H and O–H groups in total. The van der Waals surface area contributed by atoms with Crippen LogP contribution in [0.4, 0.5) is 23.0 Å². The lowest BCUT2D eigenvalue weighted by Gasteiger charge is -2.12. The van der Waals surface area contributed by atoms with Gasteiger partial charge in [-0.2, -0.15) is 4.68 Å². The van der Waals surface area contributed by atoms with E-state index in [4.69, 9.17) is 35.4 Å². The van der Waals surface area contributed by atoms with Crippen molar-refractivity contribution in [3.63, 3.8) is 0 Å². The van der Waals surface area contributed by atoms with Crippen molar-refractivity contribution in [3.05, 3.63) is 101 Å². The maximum Gasteiger partial charge on any atom is 0.196 e. The van der Waals surface area contributed by atoms with Crippen LogP contribution in [0.3, 0.4) is 0 Å². The molecule has 0 atom stereocenters. The molecule has 5 nitrogen and oxygen atoms in total. The van der Waals surface area contributed by atoms with Crippen molar-refractivity contribution in [2.24, 2.45) is 0 Å². The monoisotopic (exact) mass is 467 g/mol. The lowest BCUT2D eigenvalue weighted by atomic mass is 10.2. The van der Waals surface area contributed by atoms with E-state index in [1.807, 2.05) is 84.9 Å².